The second kappa shape index (κ2) is 8.48. The van der Waals surface area contributed by atoms with Crippen LogP contribution in [-0.2, 0) is 0 Å². The number of rotatable bonds is 3. The third-order valence-electron chi connectivity index (χ3n) is 1.53. The molecule has 2 nitrogen and oxygen atoms in total. The number of carbonyl (C=O) groups excluding carboxylic acids is 1. The van der Waals surface area contributed by atoms with Gasteiger partial charge < -0.3 is 5.32 Å². The van der Waals surface area contributed by atoms with E-state index in [1.54, 1.807) is 11.3 Å². The van der Waals surface area contributed by atoms with Crippen LogP contribution in [0.1, 0.15) is 48.8 Å². The van der Waals surface area contributed by atoms with Gasteiger partial charge in [0.05, 0.1) is 5.56 Å². The van der Waals surface area contributed by atoms with Crippen molar-refractivity contribution in [3.8, 4) is 0 Å². The van der Waals surface area contributed by atoms with Crippen LogP contribution in [0.4, 0.5) is 0 Å². The van der Waals surface area contributed by atoms with Crippen molar-refractivity contribution in [1.29, 1.82) is 0 Å². The van der Waals surface area contributed by atoms with Gasteiger partial charge in [-0.3, -0.25) is 4.79 Å². The molecule has 0 unspecified atom stereocenters. The lowest BCUT2D eigenvalue weighted by molar-refractivity contribution is 0.0954. The fourth-order valence-corrected chi connectivity index (χ4v) is 1.59. The summed E-state index contributed by atoms with van der Waals surface area (Å²) in [6.45, 7) is 9.05. The molecule has 15 heavy (non-hydrogen) atoms. The van der Waals surface area contributed by atoms with Crippen molar-refractivity contribution in [2.45, 2.75) is 40.5 Å². The van der Waals surface area contributed by atoms with Crippen LogP contribution < -0.4 is 5.32 Å². The standard InChI is InChI=1S/C9H13NOS.C3H8/c1-3-4-10-9(11)8-5-7(2)12-6-8;1-3-2/h5-6H,3-4H2,1-2H3,(H,10,11);3H2,1-2H3. The normalized spacial score (nSPS) is 9.07. The molecule has 1 amide bonds. The zero-order chi connectivity index (χ0) is 11.7. The van der Waals surface area contributed by atoms with E-state index in [0.717, 1.165) is 18.5 Å². The number of thiophene rings is 1. The SMILES string of the molecule is CCC.CCCNC(=O)c1csc(C)c1. The molecular formula is C12H21NOS. The number of aryl methyl sites for hydroxylation is 1. The van der Waals surface area contributed by atoms with Crippen LogP contribution in [0.2, 0.25) is 0 Å². The fraction of sp³-hybridized carbons (Fsp3) is 0.583. The molecule has 3 heteroatoms. The van der Waals surface area contributed by atoms with Crippen LogP contribution in [-0.4, -0.2) is 12.5 Å². The van der Waals surface area contributed by atoms with Crippen molar-refractivity contribution in [1.82, 2.24) is 5.32 Å². The Morgan fingerprint density at radius 2 is 2.00 bits per heavy atom. The summed E-state index contributed by atoms with van der Waals surface area (Å²) in [6, 6.07) is 1.91. The van der Waals surface area contributed by atoms with E-state index in [2.05, 4.69) is 19.2 Å². The molecule has 0 fully saturated rings. The zero-order valence-electron chi connectivity index (χ0n) is 10.1. The van der Waals surface area contributed by atoms with Crippen LogP contribution in [0.5, 0.6) is 0 Å². The second-order valence-electron chi connectivity index (χ2n) is 3.41. The molecule has 0 bridgehead atoms. The zero-order valence-corrected chi connectivity index (χ0v) is 10.9. The Balaban J connectivity index is 0.000000583. The highest BCUT2D eigenvalue weighted by atomic mass is 32.1. The number of nitrogens with one attached hydrogen (secondary N) is 1. The lowest BCUT2D eigenvalue weighted by atomic mass is 10.3. The van der Waals surface area contributed by atoms with Crippen LogP contribution in [0.25, 0.3) is 0 Å². The average Bonchev–Trinajstić information content (AvgIpc) is 2.62. The van der Waals surface area contributed by atoms with E-state index < -0.39 is 0 Å². The number of amides is 1. The molecule has 86 valence electrons. The van der Waals surface area contributed by atoms with Crippen molar-refractivity contribution in [3.63, 3.8) is 0 Å². The molecule has 0 aliphatic rings. The molecule has 0 aliphatic carbocycles. The molecule has 0 saturated heterocycles. The summed E-state index contributed by atoms with van der Waals surface area (Å²) in [5.41, 5.74) is 0.783. The molecule has 1 heterocycles. The second-order valence-corrected chi connectivity index (χ2v) is 4.52. The maximum Gasteiger partial charge on any atom is 0.252 e. The maximum absolute atomic E-state index is 11.3. The number of hydrogen-bond acceptors (Lipinski definition) is 2. The molecule has 0 atom stereocenters. The predicted octanol–water partition coefficient (Wildman–Crippen LogP) is 3.61. The third-order valence-corrected chi connectivity index (χ3v) is 2.39. The minimum absolute atomic E-state index is 0.0428. The van der Waals surface area contributed by atoms with E-state index in [4.69, 9.17) is 0 Å². The summed E-state index contributed by atoms with van der Waals surface area (Å²) < 4.78 is 0. The van der Waals surface area contributed by atoms with E-state index in [1.807, 2.05) is 25.3 Å². The van der Waals surface area contributed by atoms with E-state index in [0.29, 0.717) is 0 Å². The molecule has 0 saturated carbocycles. The van der Waals surface area contributed by atoms with Crippen LogP contribution in [0.15, 0.2) is 11.4 Å². The third kappa shape index (κ3) is 6.28. The van der Waals surface area contributed by atoms with Crippen molar-refractivity contribution >= 4 is 17.2 Å². The van der Waals surface area contributed by atoms with E-state index in [1.165, 1.54) is 11.3 Å². The monoisotopic (exact) mass is 227 g/mol. The summed E-state index contributed by atoms with van der Waals surface area (Å²) in [5, 5.41) is 4.72. The van der Waals surface area contributed by atoms with Crippen LogP contribution >= 0.6 is 11.3 Å². The fourth-order valence-electron chi connectivity index (χ4n) is 0.903. The average molecular weight is 227 g/mol. The van der Waals surface area contributed by atoms with E-state index in [-0.39, 0.29) is 5.91 Å². The first-order valence-corrected chi connectivity index (χ1v) is 6.36. The topological polar surface area (TPSA) is 29.1 Å². The Morgan fingerprint density at radius 1 is 1.40 bits per heavy atom. The first kappa shape index (κ1) is 14.2. The Labute approximate surface area is 96.7 Å². The molecule has 0 aromatic carbocycles. The molecule has 1 aromatic heterocycles. The molecular weight excluding hydrogens is 206 g/mol. The van der Waals surface area contributed by atoms with Crippen LogP contribution in [0.3, 0.4) is 0 Å². The van der Waals surface area contributed by atoms with Gasteiger partial charge in [0.15, 0.2) is 0 Å². The highest BCUT2D eigenvalue weighted by Gasteiger charge is 2.04. The summed E-state index contributed by atoms with van der Waals surface area (Å²) in [7, 11) is 0. The van der Waals surface area contributed by atoms with Gasteiger partial charge in [0.25, 0.3) is 5.91 Å². The minimum atomic E-state index is 0.0428. The Bertz CT molecular complexity index is 281. The van der Waals surface area contributed by atoms with Crippen molar-refractivity contribution in [2.75, 3.05) is 6.54 Å². The minimum Gasteiger partial charge on any atom is -0.352 e. The summed E-state index contributed by atoms with van der Waals surface area (Å²) in [5.74, 6) is 0.0428. The van der Waals surface area contributed by atoms with Gasteiger partial charge in [-0.25, -0.2) is 0 Å². The summed E-state index contributed by atoms with van der Waals surface area (Å²) >= 11 is 1.61. The van der Waals surface area contributed by atoms with Gasteiger partial charge in [-0.1, -0.05) is 27.2 Å². The maximum atomic E-state index is 11.3. The van der Waals surface area contributed by atoms with Gasteiger partial charge >= 0.3 is 0 Å². The first-order valence-electron chi connectivity index (χ1n) is 5.48. The van der Waals surface area contributed by atoms with Crippen molar-refractivity contribution < 1.29 is 4.79 Å². The van der Waals surface area contributed by atoms with Crippen LogP contribution in [0, 0.1) is 6.92 Å². The molecule has 1 aromatic rings. The van der Waals surface area contributed by atoms with Gasteiger partial charge in [-0.15, -0.1) is 11.3 Å². The largest absolute Gasteiger partial charge is 0.352 e. The van der Waals surface area contributed by atoms with Crippen molar-refractivity contribution in [3.05, 3.63) is 21.9 Å². The van der Waals surface area contributed by atoms with Gasteiger partial charge in [-0.05, 0) is 19.4 Å². The molecule has 1 rings (SSSR count). The molecule has 0 aliphatic heterocycles. The highest BCUT2D eigenvalue weighted by Crippen LogP contribution is 2.12. The van der Waals surface area contributed by atoms with Gasteiger partial charge in [0.1, 0.15) is 0 Å². The molecule has 0 radical (unpaired) electrons. The van der Waals surface area contributed by atoms with Gasteiger partial charge in [0, 0.05) is 16.8 Å². The summed E-state index contributed by atoms with van der Waals surface area (Å²) in [6.07, 6.45) is 2.23. The Morgan fingerprint density at radius 3 is 2.40 bits per heavy atom. The van der Waals surface area contributed by atoms with E-state index in [9.17, 15) is 4.79 Å². The number of hydrogen-bond donors (Lipinski definition) is 1. The molecule has 1 N–H and O–H groups in total. The molecule has 0 spiro atoms. The Hall–Kier alpha value is -0.830. The lowest BCUT2D eigenvalue weighted by Gasteiger charge is -1.99. The first-order chi connectivity index (χ1) is 7.15. The summed E-state index contributed by atoms with van der Waals surface area (Å²) in [4.78, 5) is 12.5. The van der Waals surface area contributed by atoms with Gasteiger partial charge in [-0.2, -0.15) is 0 Å². The van der Waals surface area contributed by atoms with Gasteiger partial charge in [0.2, 0.25) is 0 Å². The predicted molar refractivity (Wildman–Crippen MR) is 67.6 cm³/mol. The number of carbonyl (C=O) groups is 1. The van der Waals surface area contributed by atoms with E-state index >= 15 is 0 Å². The smallest absolute Gasteiger partial charge is 0.252 e. The quantitative estimate of drug-likeness (QED) is 0.839. The lowest BCUT2D eigenvalue weighted by Crippen LogP contribution is -2.23. The highest BCUT2D eigenvalue weighted by molar-refractivity contribution is 7.10. The Kier molecular flexibility index (Phi) is 8.01. The van der Waals surface area contributed by atoms with Crippen molar-refractivity contribution in [2.24, 2.45) is 0 Å².